The number of benzene rings is 1. The predicted octanol–water partition coefficient (Wildman–Crippen LogP) is 3.01. The molecule has 0 saturated carbocycles. The van der Waals surface area contributed by atoms with Crippen LogP contribution in [0.1, 0.15) is 22.8 Å². The Hall–Kier alpha value is -3.21. The van der Waals surface area contributed by atoms with Crippen LogP contribution in [0.25, 0.3) is 0 Å². The average molecular weight is 414 g/mol. The molecule has 0 aliphatic rings. The molecule has 0 bridgehead atoms. The van der Waals surface area contributed by atoms with E-state index in [1.807, 2.05) is 50.2 Å². The van der Waals surface area contributed by atoms with Crippen molar-refractivity contribution in [3.8, 4) is 0 Å². The maximum Gasteiger partial charge on any atom is 0.312 e. The Labute approximate surface area is 172 Å². The zero-order chi connectivity index (χ0) is 21.1. The summed E-state index contributed by atoms with van der Waals surface area (Å²) >= 11 is 1.36. The zero-order valence-corrected chi connectivity index (χ0v) is 17.7. The van der Waals surface area contributed by atoms with Gasteiger partial charge in [-0.05, 0) is 38.5 Å². The topological polar surface area (TPSA) is 107 Å². The average Bonchev–Trinajstić information content (AvgIpc) is 3.17. The lowest BCUT2D eigenvalue weighted by Crippen LogP contribution is -2.08. The number of aromatic nitrogens is 5. The summed E-state index contributed by atoms with van der Waals surface area (Å²) in [6, 6.07) is 8.01. The summed E-state index contributed by atoms with van der Waals surface area (Å²) in [6.45, 7) is 5.13. The van der Waals surface area contributed by atoms with Crippen molar-refractivity contribution in [1.29, 1.82) is 0 Å². The van der Waals surface area contributed by atoms with Crippen LogP contribution in [0.2, 0.25) is 0 Å². The molecule has 29 heavy (non-hydrogen) atoms. The first kappa shape index (κ1) is 20.5. The minimum Gasteiger partial charge on any atom is -0.378 e. The lowest BCUT2D eigenvalue weighted by Gasteiger charge is -2.11. The third-order valence-electron chi connectivity index (χ3n) is 4.34. The minimum atomic E-state index is -0.405. The summed E-state index contributed by atoms with van der Waals surface area (Å²) in [5, 5.41) is 28.7. The van der Waals surface area contributed by atoms with Crippen LogP contribution >= 0.6 is 11.8 Å². The first-order valence-corrected chi connectivity index (χ1v) is 9.81. The highest BCUT2D eigenvalue weighted by atomic mass is 32.2. The van der Waals surface area contributed by atoms with Crippen molar-refractivity contribution in [2.24, 2.45) is 5.10 Å². The molecule has 2 aromatic heterocycles. The Kier molecular flexibility index (Phi) is 5.97. The Bertz CT molecular complexity index is 1050. The van der Waals surface area contributed by atoms with Crippen molar-refractivity contribution in [2.45, 2.75) is 31.8 Å². The SMILES string of the molecule is Cc1nn(CSc2nnc(C)n2N=Cc2ccc(N(C)C)cc2)c(C)c1[N+](=O)[O-]. The molecular weight excluding hydrogens is 392 g/mol. The summed E-state index contributed by atoms with van der Waals surface area (Å²) < 4.78 is 3.24. The standard InChI is InChI=1S/C18H22N8O2S/c1-12-17(26(27)28)13(2)24(22-12)11-29-18-21-20-14(3)25(18)19-10-15-6-8-16(9-7-15)23(4)5/h6-10H,11H2,1-5H3. The summed E-state index contributed by atoms with van der Waals surface area (Å²) in [4.78, 5) is 12.8. The number of nitro groups is 1. The van der Waals surface area contributed by atoms with Crippen molar-refractivity contribution in [2.75, 3.05) is 19.0 Å². The molecule has 0 atom stereocenters. The monoisotopic (exact) mass is 414 g/mol. The van der Waals surface area contributed by atoms with Crippen LogP contribution in [0.3, 0.4) is 0 Å². The molecule has 0 aliphatic heterocycles. The van der Waals surface area contributed by atoms with Gasteiger partial charge in [-0.1, -0.05) is 23.9 Å². The Morgan fingerprint density at radius 3 is 2.48 bits per heavy atom. The molecule has 3 rings (SSSR count). The van der Waals surface area contributed by atoms with E-state index in [-0.39, 0.29) is 5.69 Å². The van der Waals surface area contributed by atoms with Crippen molar-refractivity contribution >= 4 is 29.4 Å². The number of hydrogen-bond acceptors (Lipinski definition) is 8. The van der Waals surface area contributed by atoms with Crippen LogP contribution in [0.5, 0.6) is 0 Å². The Morgan fingerprint density at radius 1 is 1.21 bits per heavy atom. The second-order valence-electron chi connectivity index (χ2n) is 6.62. The molecule has 0 radical (unpaired) electrons. The van der Waals surface area contributed by atoms with Crippen LogP contribution in [-0.2, 0) is 5.88 Å². The molecule has 0 fully saturated rings. The van der Waals surface area contributed by atoms with Crippen LogP contribution in [0.4, 0.5) is 11.4 Å². The summed E-state index contributed by atoms with van der Waals surface area (Å²) in [7, 11) is 3.98. The summed E-state index contributed by atoms with van der Waals surface area (Å²) in [5.74, 6) is 1.01. The predicted molar refractivity (Wildman–Crippen MR) is 113 cm³/mol. The van der Waals surface area contributed by atoms with E-state index in [1.54, 1.807) is 29.4 Å². The molecule has 0 unspecified atom stereocenters. The molecule has 152 valence electrons. The fraction of sp³-hybridized carbons (Fsp3) is 0.333. The second-order valence-corrected chi connectivity index (χ2v) is 7.53. The molecule has 3 aromatic rings. The van der Waals surface area contributed by atoms with Gasteiger partial charge in [-0.25, -0.2) is 0 Å². The molecule has 1 aromatic carbocycles. The lowest BCUT2D eigenvalue weighted by atomic mass is 10.2. The number of hydrogen-bond donors (Lipinski definition) is 0. The van der Waals surface area contributed by atoms with Gasteiger partial charge in [0, 0.05) is 19.8 Å². The Morgan fingerprint density at radius 2 is 1.90 bits per heavy atom. The van der Waals surface area contributed by atoms with Gasteiger partial charge in [-0.3, -0.25) is 14.8 Å². The Balaban J connectivity index is 1.76. The molecule has 0 amide bonds. The number of thioether (sulfide) groups is 1. The fourth-order valence-electron chi connectivity index (χ4n) is 2.74. The number of rotatable bonds is 7. The van der Waals surface area contributed by atoms with Crippen LogP contribution in [0.15, 0.2) is 34.5 Å². The molecule has 0 N–H and O–H groups in total. The minimum absolute atomic E-state index is 0.0439. The van der Waals surface area contributed by atoms with Crippen molar-refractivity contribution in [1.82, 2.24) is 24.7 Å². The van der Waals surface area contributed by atoms with Crippen LogP contribution in [0, 0.1) is 30.9 Å². The lowest BCUT2D eigenvalue weighted by molar-refractivity contribution is -0.386. The highest BCUT2D eigenvalue weighted by Gasteiger charge is 2.22. The molecule has 0 saturated heterocycles. The molecule has 10 nitrogen and oxygen atoms in total. The van der Waals surface area contributed by atoms with Crippen molar-refractivity contribution in [3.63, 3.8) is 0 Å². The van der Waals surface area contributed by atoms with E-state index in [2.05, 4.69) is 20.4 Å². The first-order chi connectivity index (χ1) is 13.8. The smallest absolute Gasteiger partial charge is 0.312 e. The van der Waals surface area contributed by atoms with E-state index < -0.39 is 4.92 Å². The van der Waals surface area contributed by atoms with Gasteiger partial charge in [0.15, 0.2) is 5.82 Å². The van der Waals surface area contributed by atoms with Gasteiger partial charge in [0.05, 0.1) is 17.0 Å². The largest absolute Gasteiger partial charge is 0.378 e. The van der Waals surface area contributed by atoms with E-state index in [4.69, 9.17) is 0 Å². The third-order valence-corrected chi connectivity index (χ3v) is 5.23. The van der Waals surface area contributed by atoms with Gasteiger partial charge in [-0.2, -0.15) is 14.9 Å². The van der Waals surface area contributed by atoms with Gasteiger partial charge in [-0.15, -0.1) is 10.2 Å². The van der Waals surface area contributed by atoms with Crippen LogP contribution in [-0.4, -0.2) is 49.9 Å². The van der Waals surface area contributed by atoms with Gasteiger partial charge < -0.3 is 4.90 Å². The van der Waals surface area contributed by atoms with Gasteiger partial charge in [0.2, 0.25) is 5.16 Å². The summed E-state index contributed by atoms with van der Waals surface area (Å²) in [5.41, 5.74) is 3.01. The molecule has 11 heteroatoms. The fourth-order valence-corrected chi connectivity index (χ4v) is 3.63. The third kappa shape index (κ3) is 4.45. The van der Waals surface area contributed by atoms with E-state index in [0.717, 1.165) is 11.3 Å². The van der Waals surface area contributed by atoms with E-state index in [9.17, 15) is 10.1 Å². The van der Waals surface area contributed by atoms with E-state index >= 15 is 0 Å². The zero-order valence-electron chi connectivity index (χ0n) is 16.9. The highest BCUT2D eigenvalue weighted by Crippen LogP contribution is 2.25. The quantitative estimate of drug-likeness (QED) is 0.253. The maximum atomic E-state index is 11.2. The number of nitrogens with zero attached hydrogens (tertiary/aromatic N) is 8. The van der Waals surface area contributed by atoms with Crippen molar-refractivity contribution in [3.05, 3.63) is 57.2 Å². The highest BCUT2D eigenvalue weighted by molar-refractivity contribution is 7.98. The second kappa shape index (κ2) is 8.43. The number of anilines is 1. The first-order valence-electron chi connectivity index (χ1n) is 8.83. The van der Waals surface area contributed by atoms with Gasteiger partial charge in [0.1, 0.15) is 11.4 Å². The van der Waals surface area contributed by atoms with E-state index in [1.165, 1.54) is 11.8 Å². The molecule has 2 heterocycles. The van der Waals surface area contributed by atoms with Gasteiger partial charge >= 0.3 is 5.69 Å². The number of aryl methyl sites for hydroxylation is 2. The van der Waals surface area contributed by atoms with E-state index in [0.29, 0.717) is 28.2 Å². The van der Waals surface area contributed by atoms with Gasteiger partial charge in [0.25, 0.3) is 0 Å². The molecule has 0 spiro atoms. The molecular formula is C18H22N8O2S. The van der Waals surface area contributed by atoms with Crippen LogP contribution < -0.4 is 4.90 Å². The van der Waals surface area contributed by atoms with Crippen molar-refractivity contribution < 1.29 is 4.92 Å². The summed E-state index contributed by atoms with van der Waals surface area (Å²) in [6.07, 6.45) is 1.74. The normalized spacial score (nSPS) is 11.3. The maximum absolute atomic E-state index is 11.2. The molecule has 0 aliphatic carbocycles.